The molecule has 0 aliphatic carbocycles. The van der Waals surface area contributed by atoms with E-state index in [1.54, 1.807) is 0 Å². The first-order chi connectivity index (χ1) is 14.5. The van der Waals surface area contributed by atoms with E-state index in [0.29, 0.717) is 0 Å². The molecule has 2 heterocycles. The number of likely N-dealkylation sites (tertiary alicyclic amines) is 1. The molecule has 4 rings (SSSR count). The Kier molecular flexibility index (Phi) is 6.00. The summed E-state index contributed by atoms with van der Waals surface area (Å²) in [5.74, 6) is -0.0555. The molecule has 30 heavy (non-hydrogen) atoms. The fourth-order valence-corrected chi connectivity index (χ4v) is 4.12. The number of methoxy groups -OCH3 is 1. The van der Waals surface area contributed by atoms with Crippen LogP contribution >= 0.6 is 0 Å². The van der Waals surface area contributed by atoms with E-state index >= 15 is 0 Å². The highest BCUT2D eigenvalue weighted by atomic mass is 16.5. The Morgan fingerprint density at radius 3 is 2.47 bits per heavy atom. The first-order valence-corrected chi connectivity index (χ1v) is 10.6. The van der Waals surface area contributed by atoms with Gasteiger partial charge in [0.25, 0.3) is 0 Å². The van der Waals surface area contributed by atoms with Gasteiger partial charge in [-0.25, -0.2) is 4.68 Å². The highest BCUT2D eigenvalue weighted by Gasteiger charge is 2.26. The van der Waals surface area contributed by atoms with E-state index in [-0.39, 0.29) is 11.9 Å². The van der Waals surface area contributed by atoms with Crippen molar-refractivity contribution in [1.29, 1.82) is 0 Å². The summed E-state index contributed by atoms with van der Waals surface area (Å²) in [7, 11) is 1.47. The Morgan fingerprint density at radius 2 is 1.80 bits per heavy atom. The Morgan fingerprint density at radius 1 is 1.07 bits per heavy atom. The number of aromatic nitrogens is 2. The summed E-state index contributed by atoms with van der Waals surface area (Å²) in [5.41, 5.74) is 6.89. The van der Waals surface area contributed by atoms with Crippen molar-refractivity contribution in [3.8, 4) is 16.9 Å². The number of hydrogen-bond acceptors (Lipinski definition) is 4. The van der Waals surface area contributed by atoms with Gasteiger partial charge in [0, 0.05) is 23.9 Å². The number of aryl methyl sites for hydroxylation is 2. The van der Waals surface area contributed by atoms with Gasteiger partial charge < -0.3 is 4.74 Å². The van der Waals surface area contributed by atoms with Crippen LogP contribution in [0.2, 0.25) is 0 Å². The number of piperidine rings is 1. The summed E-state index contributed by atoms with van der Waals surface area (Å²) in [5, 5.41) is 4.96. The van der Waals surface area contributed by atoms with Gasteiger partial charge >= 0.3 is 5.97 Å². The summed E-state index contributed by atoms with van der Waals surface area (Å²) in [6.45, 7) is 6.81. The summed E-state index contributed by atoms with van der Waals surface area (Å²) in [6, 6.07) is 16.9. The maximum absolute atomic E-state index is 11.8. The number of rotatable bonds is 5. The average Bonchev–Trinajstić information content (AvgIpc) is 3.18. The van der Waals surface area contributed by atoms with Crippen molar-refractivity contribution in [3.05, 3.63) is 71.4 Å². The molecule has 1 fully saturated rings. The van der Waals surface area contributed by atoms with Gasteiger partial charge in [-0.1, -0.05) is 41.5 Å². The zero-order chi connectivity index (χ0) is 21.1. The number of nitrogens with zero attached hydrogens (tertiary/aromatic N) is 3. The standard InChI is InChI=1S/C25H29N3O2/c1-18-7-9-23(10-8-18)28-17-22(24(26-28)21-6-4-5-19(2)15-21)16-27-13-11-20(12-14-27)25(29)30-3/h4-10,15,17,20H,11-14,16H2,1-3H3. The number of benzene rings is 2. The topological polar surface area (TPSA) is 47.4 Å². The van der Waals surface area contributed by atoms with E-state index in [1.165, 1.54) is 23.8 Å². The van der Waals surface area contributed by atoms with Crippen molar-refractivity contribution in [1.82, 2.24) is 14.7 Å². The molecule has 0 radical (unpaired) electrons. The summed E-state index contributed by atoms with van der Waals surface area (Å²) in [6.07, 6.45) is 3.84. The van der Waals surface area contributed by atoms with Crippen LogP contribution in [0, 0.1) is 19.8 Å². The third kappa shape index (κ3) is 4.46. The highest BCUT2D eigenvalue weighted by Crippen LogP contribution is 2.28. The van der Waals surface area contributed by atoms with Crippen molar-refractivity contribution < 1.29 is 9.53 Å². The Balaban J connectivity index is 1.61. The van der Waals surface area contributed by atoms with Gasteiger partial charge in [-0.05, 0) is 58.0 Å². The quantitative estimate of drug-likeness (QED) is 0.587. The van der Waals surface area contributed by atoms with Gasteiger partial charge in [-0.15, -0.1) is 0 Å². The van der Waals surface area contributed by atoms with Crippen LogP contribution in [0.15, 0.2) is 54.7 Å². The molecule has 1 aromatic heterocycles. The molecule has 2 aromatic carbocycles. The van der Waals surface area contributed by atoms with Crippen LogP contribution in [-0.4, -0.2) is 40.8 Å². The first kappa shape index (κ1) is 20.4. The molecule has 1 aliphatic heterocycles. The van der Waals surface area contributed by atoms with E-state index in [0.717, 1.165) is 49.4 Å². The largest absolute Gasteiger partial charge is 0.469 e. The molecule has 1 saturated heterocycles. The lowest BCUT2D eigenvalue weighted by Gasteiger charge is -2.30. The summed E-state index contributed by atoms with van der Waals surface area (Å²) < 4.78 is 6.90. The zero-order valence-corrected chi connectivity index (χ0v) is 18.0. The van der Waals surface area contributed by atoms with Crippen molar-refractivity contribution >= 4 is 5.97 Å². The SMILES string of the molecule is COC(=O)C1CCN(Cc2cn(-c3ccc(C)cc3)nc2-c2cccc(C)c2)CC1. The minimum absolute atomic E-state index is 0.0257. The van der Waals surface area contributed by atoms with Crippen LogP contribution in [0.25, 0.3) is 16.9 Å². The van der Waals surface area contributed by atoms with Crippen molar-refractivity contribution in [3.63, 3.8) is 0 Å². The van der Waals surface area contributed by atoms with Crippen LogP contribution in [-0.2, 0) is 16.1 Å². The molecular weight excluding hydrogens is 374 g/mol. The zero-order valence-electron chi connectivity index (χ0n) is 18.0. The maximum atomic E-state index is 11.8. The van der Waals surface area contributed by atoms with Crippen LogP contribution in [0.3, 0.4) is 0 Å². The van der Waals surface area contributed by atoms with Crippen LogP contribution in [0.4, 0.5) is 0 Å². The average molecular weight is 404 g/mol. The third-order valence-electron chi connectivity index (χ3n) is 5.90. The van der Waals surface area contributed by atoms with Gasteiger partial charge in [0.15, 0.2) is 0 Å². The molecule has 0 bridgehead atoms. The van der Waals surface area contributed by atoms with Gasteiger partial charge in [0.05, 0.1) is 24.4 Å². The lowest BCUT2D eigenvalue weighted by atomic mass is 9.96. The fourth-order valence-electron chi connectivity index (χ4n) is 4.12. The van der Waals surface area contributed by atoms with E-state index in [4.69, 9.17) is 9.84 Å². The van der Waals surface area contributed by atoms with Crippen molar-refractivity contribution in [2.75, 3.05) is 20.2 Å². The molecule has 0 amide bonds. The number of esters is 1. The predicted molar refractivity (Wildman–Crippen MR) is 118 cm³/mol. The lowest BCUT2D eigenvalue weighted by molar-refractivity contribution is -0.147. The van der Waals surface area contributed by atoms with Gasteiger partial charge in [0.1, 0.15) is 0 Å². The molecule has 0 saturated carbocycles. The molecule has 5 nitrogen and oxygen atoms in total. The highest BCUT2D eigenvalue weighted by molar-refractivity contribution is 5.72. The first-order valence-electron chi connectivity index (χ1n) is 10.6. The number of carbonyl (C=O) groups excluding carboxylic acids is 1. The number of hydrogen-bond donors (Lipinski definition) is 0. The molecule has 3 aromatic rings. The lowest BCUT2D eigenvalue weighted by Crippen LogP contribution is -2.36. The van der Waals surface area contributed by atoms with Crippen LogP contribution in [0.1, 0.15) is 29.5 Å². The Hall–Kier alpha value is -2.92. The second-order valence-electron chi connectivity index (χ2n) is 8.23. The number of ether oxygens (including phenoxy) is 1. The Labute approximate surface area is 178 Å². The van der Waals surface area contributed by atoms with Crippen molar-refractivity contribution in [2.45, 2.75) is 33.2 Å². The normalized spacial score (nSPS) is 15.3. The summed E-state index contributed by atoms with van der Waals surface area (Å²) in [4.78, 5) is 14.2. The maximum Gasteiger partial charge on any atom is 0.308 e. The van der Waals surface area contributed by atoms with E-state index in [2.05, 4.69) is 73.5 Å². The second-order valence-corrected chi connectivity index (χ2v) is 8.23. The molecule has 0 spiro atoms. The van der Waals surface area contributed by atoms with Crippen LogP contribution in [0.5, 0.6) is 0 Å². The molecule has 1 aliphatic rings. The second kappa shape index (κ2) is 8.84. The number of carbonyl (C=O) groups is 1. The van der Waals surface area contributed by atoms with Crippen molar-refractivity contribution in [2.24, 2.45) is 5.92 Å². The third-order valence-corrected chi connectivity index (χ3v) is 5.90. The molecular formula is C25H29N3O2. The molecule has 156 valence electrons. The van der Waals surface area contributed by atoms with E-state index in [9.17, 15) is 4.79 Å². The smallest absolute Gasteiger partial charge is 0.308 e. The van der Waals surface area contributed by atoms with Gasteiger partial charge in [-0.2, -0.15) is 5.10 Å². The van der Waals surface area contributed by atoms with Gasteiger partial charge in [-0.3, -0.25) is 9.69 Å². The minimum atomic E-state index is -0.0812. The Bertz CT molecular complexity index is 1020. The predicted octanol–water partition coefficient (Wildman–Crippen LogP) is 4.54. The van der Waals surface area contributed by atoms with E-state index in [1.807, 2.05) is 4.68 Å². The molecule has 5 heteroatoms. The van der Waals surface area contributed by atoms with Gasteiger partial charge in [0.2, 0.25) is 0 Å². The van der Waals surface area contributed by atoms with E-state index < -0.39 is 0 Å². The molecule has 0 atom stereocenters. The fraction of sp³-hybridized carbons (Fsp3) is 0.360. The molecule has 0 N–H and O–H groups in total. The van der Waals surface area contributed by atoms with Crippen LogP contribution < -0.4 is 0 Å². The monoisotopic (exact) mass is 403 g/mol. The minimum Gasteiger partial charge on any atom is -0.469 e. The molecule has 0 unspecified atom stereocenters. The summed E-state index contributed by atoms with van der Waals surface area (Å²) >= 11 is 0.